The lowest BCUT2D eigenvalue weighted by atomic mass is 9.94. The number of amidine groups is 1. The van der Waals surface area contributed by atoms with Crippen LogP contribution in [-0.2, 0) is 23.4 Å². The summed E-state index contributed by atoms with van der Waals surface area (Å²) in [6, 6.07) is 12.3. The molecule has 0 spiro atoms. The molecule has 1 heterocycles. The molecule has 15 nitrogen and oxygen atoms in total. The average Bonchev–Trinajstić information content (AvgIpc) is 4.02. The molecular formula is C43H55N5O10Si. The van der Waals surface area contributed by atoms with E-state index in [4.69, 9.17) is 29.1 Å². The molecule has 4 N–H and O–H groups in total. The zero-order chi connectivity index (χ0) is 43.7. The van der Waals surface area contributed by atoms with Crippen LogP contribution in [0.3, 0.4) is 0 Å². The van der Waals surface area contributed by atoms with Crippen molar-refractivity contribution < 1.29 is 47.3 Å². The third-order valence-corrected chi connectivity index (χ3v) is 14.5. The van der Waals surface area contributed by atoms with Crippen molar-refractivity contribution in [1.82, 2.24) is 10.3 Å². The van der Waals surface area contributed by atoms with Crippen molar-refractivity contribution in [3.05, 3.63) is 83.2 Å². The van der Waals surface area contributed by atoms with Crippen molar-refractivity contribution in [2.45, 2.75) is 78.8 Å². The Hall–Kier alpha value is -5.87. The Bertz CT molecular complexity index is 2090. The highest BCUT2D eigenvalue weighted by atomic mass is 28.4. The van der Waals surface area contributed by atoms with Crippen molar-refractivity contribution in [2.24, 2.45) is 22.6 Å². The van der Waals surface area contributed by atoms with Crippen molar-refractivity contribution in [3.8, 4) is 16.9 Å². The fourth-order valence-corrected chi connectivity index (χ4v) is 6.27. The molecule has 1 unspecified atom stereocenters. The van der Waals surface area contributed by atoms with Gasteiger partial charge in [-0.05, 0) is 85.4 Å². The van der Waals surface area contributed by atoms with E-state index in [1.54, 1.807) is 44.2 Å². The van der Waals surface area contributed by atoms with Gasteiger partial charge in [0.25, 0.3) is 11.8 Å². The highest BCUT2D eigenvalue weighted by molar-refractivity contribution is 6.74. The topological polar surface area (TPSA) is 207 Å². The number of esters is 2. The number of ether oxygens (including phenoxy) is 4. The average molecular weight is 830 g/mol. The standard InChI is InChI=1S/C43H55N5O10Si/c1-11-28-22-33(38(49)46-30-16-14-29(15-17-30)37(44)48-42(53)55-20-21-56-59(9,10)43(5,6)7)32(23-35(28)54-8)31-18-19-34(39(50)45-24-27-12-13-27)47-36(31)41(52)58-26(4)57-40(51)25(2)3/h11,14-19,22-23,25-27H,1,12-13,20-21,24H2,2-10H3,(H,45,50)(H,46,49)(H2,44,48,53). The lowest BCUT2D eigenvalue weighted by Gasteiger charge is -2.35. The van der Waals surface area contributed by atoms with Gasteiger partial charge in [0.1, 0.15) is 23.9 Å². The van der Waals surface area contributed by atoms with E-state index in [-0.39, 0.29) is 52.2 Å². The summed E-state index contributed by atoms with van der Waals surface area (Å²) >= 11 is 0. The molecule has 16 heteroatoms. The minimum atomic E-state index is -2.00. The van der Waals surface area contributed by atoms with Gasteiger partial charge in [-0.1, -0.05) is 47.3 Å². The van der Waals surface area contributed by atoms with Crippen LogP contribution >= 0.6 is 0 Å². The van der Waals surface area contributed by atoms with Gasteiger partial charge in [0.15, 0.2) is 14.0 Å². The van der Waals surface area contributed by atoms with Crippen LogP contribution < -0.4 is 21.1 Å². The van der Waals surface area contributed by atoms with Crippen LogP contribution in [0.1, 0.15) is 96.8 Å². The van der Waals surface area contributed by atoms with E-state index in [2.05, 4.69) is 61.1 Å². The van der Waals surface area contributed by atoms with Crippen LogP contribution in [0.15, 0.2) is 60.1 Å². The van der Waals surface area contributed by atoms with E-state index in [1.807, 2.05) is 0 Å². The highest BCUT2D eigenvalue weighted by Crippen LogP contribution is 2.37. The number of nitrogens with two attached hydrogens (primary N) is 1. The van der Waals surface area contributed by atoms with Crippen LogP contribution in [0, 0.1) is 11.8 Å². The Morgan fingerprint density at radius 3 is 2.24 bits per heavy atom. The number of hydrogen-bond acceptors (Lipinski definition) is 11. The largest absolute Gasteiger partial charge is 0.496 e. The summed E-state index contributed by atoms with van der Waals surface area (Å²) < 4.78 is 27.6. The fourth-order valence-electron chi connectivity index (χ4n) is 5.24. The number of aromatic nitrogens is 1. The van der Waals surface area contributed by atoms with E-state index in [1.165, 1.54) is 38.3 Å². The molecule has 0 bridgehead atoms. The van der Waals surface area contributed by atoms with Gasteiger partial charge in [-0.25, -0.2) is 14.6 Å². The lowest BCUT2D eigenvalue weighted by molar-refractivity contribution is -0.169. The van der Waals surface area contributed by atoms with Crippen molar-refractivity contribution in [3.63, 3.8) is 0 Å². The summed E-state index contributed by atoms with van der Waals surface area (Å²) in [4.78, 5) is 73.8. The second-order valence-electron chi connectivity index (χ2n) is 15.9. The Balaban J connectivity index is 1.61. The molecule has 316 valence electrons. The van der Waals surface area contributed by atoms with Gasteiger partial charge in [-0.2, -0.15) is 4.99 Å². The number of rotatable bonds is 17. The minimum absolute atomic E-state index is 0.0145. The molecule has 0 radical (unpaired) electrons. The molecule has 2 aromatic carbocycles. The summed E-state index contributed by atoms with van der Waals surface area (Å²) in [5.41, 5.74) is 7.41. The number of nitrogens with one attached hydrogen (secondary N) is 2. The molecule has 0 aliphatic heterocycles. The number of methoxy groups -OCH3 is 1. The molecule has 0 saturated heterocycles. The van der Waals surface area contributed by atoms with Gasteiger partial charge >= 0.3 is 18.0 Å². The molecule has 3 amide bonds. The Kier molecular flexibility index (Phi) is 15.3. The summed E-state index contributed by atoms with van der Waals surface area (Å²) in [6.07, 6.45) is 1.39. The number of anilines is 1. The maximum atomic E-state index is 14.1. The smallest absolute Gasteiger partial charge is 0.435 e. The number of aliphatic imine (C=N–C) groups is 1. The second kappa shape index (κ2) is 19.7. The van der Waals surface area contributed by atoms with Gasteiger partial charge in [0.2, 0.25) is 6.29 Å². The van der Waals surface area contributed by atoms with Crippen molar-refractivity contribution in [1.29, 1.82) is 0 Å². The summed E-state index contributed by atoms with van der Waals surface area (Å²) in [7, 11) is -0.558. The molecule has 3 aromatic rings. The minimum Gasteiger partial charge on any atom is -0.496 e. The maximum absolute atomic E-state index is 14.1. The second-order valence-corrected chi connectivity index (χ2v) is 20.7. The van der Waals surface area contributed by atoms with E-state index in [9.17, 15) is 24.0 Å². The van der Waals surface area contributed by atoms with Crippen molar-refractivity contribution in [2.75, 3.05) is 32.2 Å². The monoisotopic (exact) mass is 829 g/mol. The number of nitrogens with zero attached hydrogens (tertiary/aromatic N) is 2. The molecule has 1 aliphatic carbocycles. The van der Waals surface area contributed by atoms with E-state index in [0.717, 1.165) is 12.8 Å². The maximum Gasteiger partial charge on any atom is 0.435 e. The first-order chi connectivity index (χ1) is 27.7. The van der Waals surface area contributed by atoms with Gasteiger partial charge < -0.3 is 39.7 Å². The number of carbonyl (C=O) groups is 5. The summed E-state index contributed by atoms with van der Waals surface area (Å²) in [5.74, 6) is -2.51. The zero-order valence-electron chi connectivity index (χ0n) is 35.2. The van der Waals surface area contributed by atoms with E-state index >= 15 is 0 Å². The van der Waals surface area contributed by atoms with Crippen LogP contribution in [0.5, 0.6) is 5.75 Å². The SMILES string of the molecule is C=Cc1cc(C(=O)Nc2ccc(C(N)=NC(=O)OCCO[Si](C)(C)C(C)(C)C)cc2)c(-c2ccc(C(=O)NCC3CC3)nc2C(=O)OC(C)OC(=O)C(C)C)cc1OC. The fraction of sp³-hybridized carbons (Fsp3) is 0.419. The van der Waals surface area contributed by atoms with Gasteiger partial charge in [0, 0.05) is 47.0 Å². The first-order valence-electron chi connectivity index (χ1n) is 19.4. The van der Waals surface area contributed by atoms with Crippen molar-refractivity contribution >= 4 is 55.8 Å². The molecule has 1 saturated carbocycles. The molecule has 4 rings (SSSR count). The Morgan fingerprint density at radius 1 is 0.966 bits per heavy atom. The van der Waals surface area contributed by atoms with Gasteiger partial charge in [0.05, 0.1) is 19.6 Å². The molecule has 1 fully saturated rings. The van der Waals surface area contributed by atoms with Crippen LogP contribution in [-0.4, -0.2) is 82.1 Å². The van der Waals surface area contributed by atoms with Crippen LogP contribution in [0.25, 0.3) is 17.2 Å². The number of hydrogen-bond donors (Lipinski definition) is 3. The molecule has 1 atom stereocenters. The van der Waals surface area contributed by atoms with Gasteiger partial charge in [-0.3, -0.25) is 14.4 Å². The predicted octanol–water partition coefficient (Wildman–Crippen LogP) is 7.36. The molecular weight excluding hydrogens is 775 g/mol. The van der Waals surface area contributed by atoms with E-state index in [0.29, 0.717) is 35.0 Å². The van der Waals surface area contributed by atoms with Crippen LogP contribution in [0.4, 0.5) is 10.5 Å². The quantitative estimate of drug-likeness (QED) is 0.0305. The van der Waals surface area contributed by atoms with E-state index < -0.39 is 50.4 Å². The first kappa shape index (κ1) is 45.8. The molecule has 1 aromatic heterocycles. The lowest BCUT2D eigenvalue weighted by Crippen LogP contribution is -2.41. The predicted molar refractivity (Wildman–Crippen MR) is 227 cm³/mol. The number of carbonyl (C=O) groups excluding carboxylic acids is 5. The summed E-state index contributed by atoms with van der Waals surface area (Å²) in [6.45, 7) is 19.8. The van der Waals surface area contributed by atoms with Gasteiger partial charge in [-0.15, -0.1) is 0 Å². The highest BCUT2D eigenvalue weighted by Gasteiger charge is 2.37. The summed E-state index contributed by atoms with van der Waals surface area (Å²) in [5, 5.41) is 5.69. The Morgan fingerprint density at radius 2 is 1.64 bits per heavy atom. The third-order valence-electron chi connectivity index (χ3n) is 9.95. The normalized spacial score (nSPS) is 13.6. The number of benzene rings is 2. The molecule has 59 heavy (non-hydrogen) atoms. The zero-order valence-corrected chi connectivity index (χ0v) is 36.2. The van der Waals surface area contributed by atoms with Crippen LogP contribution in [0.2, 0.25) is 18.1 Å². The molecule has 1 aliphatic rings. The number of amides is 3. The Labute approximate surface area is 346 Å². The first-order valence-corrected chi connectivity index (χ1v) is 22.3. The third kappa shape index (κ3) is 12.6. The number of pyridine rings is 1.